The van der Waals surface area contributed by atoms with Gasteiger partial charge < -0.3 is 5.11 Å². The molecule has 1 N–H and O–H groups in total. The van der Waals surface area contributed by atoms with Crippen LogP contribution >= 0.6 is 0 Å². The van der Waals surface area contributed by atoms with E-state index in [0.717, 1.165) is 0 Å². The third kappa shape index (κ3) is 3.19. The highest BCUT2D eigenvalue weighted by molar-refractivity contribution is 5.80. The summed E-state index contributed by atoms with van der Waals surface area (Å²) in [6.07, 6.45) is 1.75. The van der Waals surface area contributed by atoms with Crippen molar-refractivity contribution in [3.63, 3.8) is 0 Å². The van der Waals surface area contributed by atoms with Gasteiger partial charge in [0.15, 0.2) is 5.78 Å². The Bertz CT molecular complexity index is 76.1. The zero-order chi connectivity index (χ0) is 5.70. The number of carbonyl (C=O) groups excluding carboxylic acids is 1. The highest BCUT2D eigenvalue weighted by atomic mass is 16.3. The standard InChI is InChI=1S/C5H8O2/c1-2-3-5(7)4-6/h2,6H,1,3-4H2. The normalized spacial score (nSPS) is 8.14. The van der Waals surface area contributed by atoms with Gasteiger partial charge in [-0.2, -0.15) is 0 Å². The summed E-state index contributed by atoms with van der Waals surface area (Å²) >= 11 is 0. The van der Waals surface area contributed by atoms with Crippen molar-refractivity contribution in [1.82, 2.24) is 0 Å². The van der Waals surface area contributed by atoms with Crippen molar-refractivity contribution in [1.29, 1.82) is 0 Å². The minimum atomic E-state index is -0.369. The fraction of sp³-hybridized carbons (Fsp3) is 0.400. The minimum Gasteiger partial charge on any atom is -0.389 e. The number of aliphatic hydroxyl groups is 1. The van der Waals surface area contributed by atoms with E-state index in [1.807, 2.05) is 0 Å². The summed E-state index contributed by atoms with van der Waals surface area (Å²) in [5.74, 6) is -0.185. The first-order chi connectivity index (χ1) is 3.31. The Morgan fingerprint density at radius 3 is 2.57 bits per heavy atom. The van der Waals surface area contributed by atoms with Crippen LogP contribution in [0.3, 0.4) is 0 Å². The molecule has 2 heteroatoms. The first-order valence-corrected chi connectivity index (χ1v) is 2.04. The van der Waals surface area contributed by atoms with Crippen molar-refractivity contribution in [3.05, 3.63) is 12.7 Å². The van der Waals surface area contributed by atoms with E-state index >= 15 is 0 Å². The molecule has 0 aromatic heterocycles. The molecule has 0 aliphatic carbocycles. The predicted octanol–water partition coefficient (Wildman–Crippen LogP) is 0.124. The molecule has 0 aromatic rings. The monoisotopic (exact) mass is 100 g/mol. The van der Waals surface area contributed by atoms with Gasteiger partial charge in [-0.15, -0.1) is 6.58 Å². The zero-order valence-electron chi connectivity index (χ0n) is 4.05. The maximum atomic E-state index is 10.1. The van der Waals surface area contributed by atoms with Crippen LogP contribution in [0.2, 0.25) is 0 Å². The molecule has 0 atom stereocenters. The lowest BCUT2D eigenvalue weighted by molar-refractivity contribution is -0.120. The Hall–Kier alpha value is -0.630. The van der Waals surface area contributed by atoms with E-state index < -0.39 is 0 Å². The van der Waals surface area contributed by atoms with Crippen LogP contribution in [0.4, 0.5) is 0 Å². The topological polar surface area (TPSA) is 37.3 Å². The molecule has 7 heavy (non-hydrogen) atoms. The summed E-state index contributed by atoms with van der Waals surface area (Å²) in [6, 6.07) is 0. The van der Waals surface area contributed by atoms with E-state index in [0.29, 0.717) is 0 Å². The van der Waals surface area contributed by atoms with E-state index in [2.05, 4.69) is 6.58 Å². The lowest BCUT2D eigenvalue weighted by atomic mass is 10.3. The highest BCUT2D eigenvalue weighted by Gasteiger charge is 1.90. The van der Waals surface area contributed by atoms with Crippen LogP contribution in [-0.2, 0) is 4.79 Å². The van der Waals surface area contributed by atoms with Gasteiger partial charge in [0, 0.05) is 6.42 Å². The van der Waals surface area contributed by atoms with Gasteiger partial charge in [0.05, 0.1) is 0 Å². The molecule has 40 valence electrons. The number of hydrogen-bond donors (Lipinski definition) is 1. The second-order valence-corrected chi connectivity index (χ2v) is 1.19. The Morgan fingerprint density at radius 2 is 2.43 bits per heavy atom. The summed E-state index contributed by atoms with van der Waals surface area (Å²) in [7, 11) is 0. The fourth-order valence-electron chi connectivity index (χ4n) is 0.226. The smallest absolute Gasteiger partial charge is 0.161 e. The minimum absolute atomic E-state index is 0.185. The second-order valence-electron chi connectivity index (χ2n) is 1.19. The zero-order valence-corrected chi connectivity index (χ0v) is 4.05. The lowest BCUT2D eigenvalue weighted by Gasteiger charge is -1.83. The molecule has 0 heterocycles. The molecule has 0 aliphatic rings. The molecule has 0 saturated carbocycles. The molecule has 0 spiro atoms. The molecular weight excluding hydrogens is 92.1 g/mol. The maximum absolute atomic E-state index is 10.1. The predicted molar refractivity (Wildman–Crippen MR) is 26.9 cm³/mol. The number of allylic oxidation sites excluding steroid dienone is 1. The van der Waals surface area contributed by atoms with Crippen molar-refractivity contribution >= 4 is 5.78 Å². The average molecular weight is 100 g/mol. The van der Waals surface area contributed by atoms with Crippen LogP contribution in [0.15, 0.2) is 12.7 Å². The summed E-state index contributed by atoms with van der Waals surface area (Å²) in [5, 5.41) is 8.07. The Labute approximate surface area is 42.5 Å². The molecule has 2 nitrogen and oxygen atoms in total. The van der Waals surface area contributed by atoms with Crippen molar-refractivity contribution in [2.45, 2.75) is 6.42 Å². The summed E-state index contributed by atoms with van der Waals surface area (Å²) in [4.78, 5) is 10.1. The first kappa shape index (κ1) is 6.37. The van der Waals surface area contributed by atoms with Crippen LogP contribution in [0.5, 0.6) is 0 Å². The van der Waals surface area contributed by atoms with Gasteiger partial charge in [-0.1, -0.05) is 6.08 Å². The van der Waals surface area contributed by atoms with E-state index in [-0.39, 0.29) is 18.8 Å². The molecule has 0 saturated heterocycles. The Balaban J connectivity index is 3.17. The molecular formula is C5H8O2. The SMILES string of the molecule is C=CCC(=O)CO. The van der Waals surface area contributed by atoms with E-state index in [1.165, 1.54) is 6.08 Å². The van der Waals surface area contributed by atoms with Crippen LogP contribution < -0.4 is 0 Å². The molecule has 0 aliphatic heterocycles. The Kier molecular flexibility index (Phi) is 3.24. The summed E-state index contributed by atoms with van der Waals surface area (Å²) < 4.78 is 0. The van der Waals surface area contributed by atoms with Crippen molar-refractivity contribution < 1.29 is 9.90 Å². The van der Waals surface area contributed by atoms with Gasteiger partial charge in [-0.05, 0) is 0 Å². The molecule has 0 aromatic carbocycles. The highest BCUT2D eigenvalue weighted by Crippen LogP contribution is 1.78. The quantitative estimate of drug-likeness (QED) is 0.511. The molecule has 0 radical (unpaired) electrons. The van der Waals surface area contributed by atoms with Crippen LogP contribution in [0.25, 0.3) is 0 Å². The van der Waals surface area contributed by atoms with Crippen LogP contribution in [0.1, 0.15) is 6.42 Å². The third-order valence-electron chi connectivity index (χ3n) is 0.548. The molecule has 0 amide bonds. The number of carbonyl (C=O) groups is 1. The van der Waals surface area contributed by atoms with Gasteiger partial charge in [0.1, 0.15) is 6.61 Å². The van der Waals surface area contributed by atoms with Gasteiger partial charge in [-0.3, -0.25) is 4.79 Å². The summed E-state index contributed by atoms with van der Waals surface area (Å²) in [5.41, 5.74) is 0. The number of hydrogen-bond acceptors (Lipinski definition) is 2. The van der Waals surface area contributed by atoms with Gasteiger partial charge in [0.2, 0.25) is 0 Å². The number of ketones is 1. The van der Waals surface area contributed by atoms with Crippen molar-refractivity contribution in [2.75, 3.05) is 6.61 Å². The molecule has 0 unspecified atom stereocenters. The molecule has 0 bridgehead atoms. The van der Waals surface area contributed by atoms with Gasteiger partial charge in [0.25, 0.3) is 0 Å². The van der Waals surface area contributed by atoms with E-state index in [9.17, 15) is 4.79 Å². The van der Waals surface area contributed by atoms with E-state index in [1.54, 1.807) is 0 Å². The average Bonchev–Trinajstić information content (AvgIpc) is 1.68. The summed E-state index contributed by atoms with van der Waals surface area (Å²) in [6.45, 7) is 2.95. The maximum Gasteiger partial charge on any atom is 0.161 e. The first-order valence-electron chi connectivity index (χ1n) is 2.04. The number of rotatable bonds is 3. The van der Waals surface area contributed by atoms with Crippen molar-refractivity contribution in [3.8, 4) is 0 Å². The number of Topliss-reactive ketones (excluding diaryl/α,β-unsaturated/α-hetero) is 1. The Morgan fingerprint density at radius 1 is 1.86 bits per heavy atom. The largest absolute Gasteiger partial charge is 0.389 e. The number of aliphatic hydroxyl groups excluding tert-OH is 1. The van der Waals surface area contributed by atoms with E-state index in [4.69, 9.17) is 5.11 Å². The van der Waals surface area contributed by atoms with Crippen LogP contribution in [-0.4, -0.2) is 17.5 Å². The lowest BCUT2D eigenvalue weighted by Crippen LogP contribution is -2.00. The molecule has 0 rings (SSSR count). The van der Waals surface area contributed by atoms with Crippen LogP contribution in [0, 0.1) is 0 Å². The third-order valence-corrected chi connectivity index (χ3v) is 0.548. The second kappa shape index (κ2) is 3.56. The van der Waals surface area contributed by atoms with Gasteiger partial charge >= 0.3 is 0 Å². The molecule has 0 fully saturated rings. The fourth-order valence-corrected chi connectivity index (χ4v) is 0.226. The van der Waals surface area contributed by atoms with Crippen molar-refractivity contribution in [2.24, 2.45) is 0 Å². The van der Waals surface area contributed by atoms with Gasteiger partial charge in [-0.25, -0.2) is 0 Å².